The summed E-state index contributed by atoms with van der Waals surface area (Å²) in [7, 11) is 0. The van der Waals surface area contributed by atoms with Crippen LogP contribution in [-0.4, -0.2) is 12.0 Å². The summed E-state index contributed by atoms with van der Waals surface area (Å²) in [4.78, 5) is 12.4. The lowest BCUT2D eigenvalue weighted by molar-refractivity contribution is -0.122. The van der Waals surface area contributed by atoms with Gasteiger partial charge in [-0.2, -0.15) is 0 Å². The molecule has 1 N–H and O–H groups in total. The molecule has 0 aliphatic heterocycles. The number of carbonyl (C=O) groups is 1. The fraction of sp³-hybridized carbons (Fsp3) is 0.0870. The molecule has 1 atom stereocenters. The van der Waals surface area contributed by atoms with Gasteiger partial charge in [0.05, 0.1) is 5.02 Å². The smallest absolute Gasteiger partial charge is 0.265 e. The van der Waals surface area contributed by atoms with E-state index in [9.17, 15) is 4.79 Å². The molecule has 0 aliphatic carbocycles. The number of fused-ring (bicyclic) bond motifs is 1. The maximum atomic E-state index is 12.4. The third-order valence-electron chi connectivity index (χ3n) is 4.43. The number of anilines is 1. The zero-order chi connectivity index (χ0) is 20.4. The van der Waals surface area contributed by atoms with Crippen LogP contribution in [0.15, 0.2) is 77.2 Å². The number of benzene rings is 3. The highest BCUT2D eigenvalue weighted by molar-refractivity contribution is 6.35. The summed E-state index contributed by atoms with van der Waals surface area (Å²) in [6, 6.07) is 22.1. The highest BCUT2D eigenvalue weighted by atomic mass is 35.5. The van der Waals surface area contributed by atoms with Crippen molar-refractivity contribution in [1.29, 1.82) is 0 Å². The molecular formula is C23H17Cl2NO3. The van der Waals surface area contributed by atoms with E-state index < -0.39 is 6.10 Å². The van der Waals surface area contributed by atoms with Crippen molar-refractivity contribution in [3.05, 3.63) is 82.8 Å². The van der Waals surface area contributed by atoms with Crippen LogP contribution in [0.2, 0.25) is 10.0 Å². The molecule has 29 heavy (non-hydrogen) atoms. The van der Waals surface area contributed by atoms with E-state index in [0.29, 0.717) is 21.5 Å². The molecule has 6 heteroatoms. The minimum Gasteiger partial charge on any atom is -0.479 e. The van der Waals surface area contributed by atoms with Gasteiger partial charge in [0.2, 0.25) is 0 Å². The third-order valence-corrected chi connectivity index (χ3v) is 4.96. The van der Waals surface area contributed by atoms with Gasteiger partial charge in [-0.15, -0.1) is 0 Å². The van der Waals surface area contributed by atoms with Gasteiger partial charge >= 0.3 is 0 Å². The van der Waals surface area contributed by atoms with Gasteiger partial charge in [-0.1, -0.05) is 41.4 Å². The normalized spacial score (nSPS) is 12.0. The predicted octanol–water partition coefficient (Wildman–Crippen LogP) is 6.81. The van der Waals surface area contributed by atoms with Gasteiger partial charge in [-0.25, -0.2) is 0 Å². The summed E-state index contributed by atoms with van der Waals surface area (Å²) in [6.45, 7) is 1.66. The molecule has 4 nitrogen and oxygen atoms in total. The van der Waals surface area contributed by atoms with E-state index in [1.807, 2.05) is 54.6 Å². The van der Waals surface area contributed by atoms with E-state index in [-0.39, 0.29) is 5.91 Å². The number of para-hydroxylation sites is 1. The largest absolute Gasteiger partial charge is 0.479 e. The minimum absolute atomic E-state index is 0.285. The molecule has 0 bridgehead atoms. The molecule has 3 aromatic carbocycles. The minimum atomic E-state index is -0.733. The Morgan fingerprint density at radius 2 is 1.76 bits per heavy atom. The van der Waals surface area contributed by atoms with Gasteiger partial charge in [0.25, 0.3) is 5.91 Å². The maximum Gasteiger partial charge on any atom is 0.265 e. The molecular weight excluding hydrogens is 409 g/mol. The van der Waals surface area contributed by atoms with E-state index in [1.165, 1.54) is 0 Å². The van der Waals surface area contributed by atoms with Gasteiger partial charge in [0, 0.05) is 21.7 Å². The average molecular weight is 426 g/mol. The number of furan rings is 1. The topological polar surface area (TPSA) is 51.5 Å². The number of amides is 1. The monoisotopic (exact) mass is 425 g/mol. The lowest BCUT2D eigenvalue weighted by Gasteiger charge is -2.16. The number of rotatable bonds is 5. The molecule has 0 saturated carbocycles. The highest BCUT2D eigenvalue weighted by Gasteiger charge is 2.17. The molecule has 146 valence electrons. The predicted molar refractivity (Wildman–Crippen MR) is 117 cm³/mol. The summed E-state index contributed by atoms with van der Waals surface area (Å²) in [5.41, 5.74) is 2.43. The summed E-state index contributed by atoms with van der Waals surface area (Å²) in [5.74, 6) is 0.893. The Labute approximate surface area is 178 Å². The van der Waals surface area contributed by atoms with E-state index >= 15 is 0 Å². The van der Waals surface area contributed by atoms with Crippen LogP contribution in [0, 0.1) is 0 Å². The Bertz CT molecular complexity index is 1140. The van der Waals surface area contributed by atoms with E-state index in [0.717, 1.165) is 22.3 Å². The number of hydrogen-bond donors (Lipinski definition) is 1. The SMILES string of the molecule is CC(Oc1ccc(Cl)cc1Cl)C(=O)Nc1ccc(-c2cc3ccccc3o2)cc1. The van der Waals surface area contributed by atoms with E-state index in [1.54, 1.807) is 25.1 Å². The second kappa shape index (κ2) is 8.19. The van der Waals surface area contributed by atoms with Crippen LogP contribution in [0.25, 0.3) is 22.3 Å². The Balaban J connectivity index is 1.43. The van der Waals surface area contributed by atoms with E-state index in [2.05, 4.69) is 5.32 Å². The maximum absolute atomic E-state index is 12.4. The fourth-order valence-electron chi connectivity index (χ4n) is 2.90. The van der Waals surface area contributed by atoms with Crippen LogP contribution in [0.4, 0.5) is 5.69 Å². The first-order chi connectivity index (χ1) is 14.0. The molecule has 0 radical (unpaired) electrons. The molecule has 4 rings (SSSR count). The first kappa shape index (κ1) is 19.4. The molecule has 0 saturated heterocycles. The molecule has 1 heterocycles. The highest BCUT2D eigenvalue weighted by Crippen LogP contribution is 2.30. The van der Waals surface area contributed by atoms with Crippen molar-refractivity contribution in [2.24, 2.45) is 0 Å². The van der Waals surface area contributed by atoms with Crippen molar-refractivity contribution < 1.29 is 13.9 Å². The van der Waals surface area contributed by atoms with E-state index in [4.69, 9.17) is 32.4 Å². The molecule has 4 aromatic rings. The zero-order valence-electron chi connectivity index (χ0n) is 15.5. The van der Waals surface area contributed by atoms with Gasteiger partial charge in [-0.05, 0) is 61.5 Å². The molecule has 0 fully saturated rings. The standard InChI is InChI=1S/C23H17Cl2NO3/c1-14(28-21-11-8-17(24)13-19(21)25)23(27)26-18-9-6-15(7-10-18)22-12-16-4-2-3-5-20(16)29-22/h2-14H,1H3,(H,26,27). The quantitative estimate of drug-likeness (QED) is 0.381. The van der Waals surface area contributed by atoms with Crippen LogP contribution < -0.4 is 10.1 Å². The first-order valence-corrected chi connectivity index (χ1v) is 9.77. The molecule has 0 aliphatic rings. The fourth-order valence-corrected chi connectivity index (χ4v) is 3.35. The van der Waals surface area contributed by atoms with Crippen molar-refractivity contribution in [2.45, 2.75) is 13.0 Å². The van der Waals surface area contributed by atoms with Gasteiger partial charge in [0.15, 0.2) is 6.10 Å². The second-order valence-electron chi connectivity index (χ2n) is 6.55. The van der Waals surface area contributed by atoms with Crippen LogP contribution in [0.5, 0.6) is 5.75 Å². The molecule has 1 unspecified atom stereocenters. The number of halogens is 2. The van der Waals surface area contributed by atoms with Crippen LogP contribution in [0.3, 0.4) is 0 Å². The van der Waals surface area contributed by atoms with Gasteiger partial charge in [0.1, 0.15) is 17.1 Å². The summed E-state index contributed by atoms with van der Waals surface area (Å²) >= 11 is 12.0. The van der Waals surface area contributed by atoms with Crippen molar-refractivity contribution in [1.82, 2.24) is 0 Å². The van der Waals surface area contributed by atoms with Crippen molar-refractivity contribution in [3.63, 3.8) is 0 Å². The Morgan fingerprint density at radius 1 is 1.00 bits per heavy atom. The third kappa shape index (κ3) is 4.39. The lowest BCUT2D eigenvalue weighted by atomic mass is 10.1. The average Bonchev–Trinajstić information content (AvgIpc) is 3.15. The second-order valence-corrected chi connectivity index (χ2v) is 7.39. The summed E-state index contributed by atoms with van der Waals surface area (Å²) in [6.07, 6.45) is -0.733. The van der Waals surface area contributed by atoms with Gasteiger partial charge in [-0.3, -0.25) is 4.79 Å². The Kier molecular flexibility index (Phi) is 5.47. The number of carbonyl (C=O) groups excluding carboxylic acids is 1. The van der Waals surface area contributed by atoms with Crippen molar-refractivity contribution in [3.8, 4) is 17.1 Å². The zero-order valence-corrected chi connectivity index (χ0v) is 17.0. The van der Waals surface area contributed by atoms with Crippen LogP contribution in [0.1, 0.15) is 6.92 Å². The summed E-state index contributed by atoms with van der Waals surface area (Å²) in [5, 5.41) is 4.74. The molecule has 1 amide bonds. The Hall–Kier alpha value is -2.95. The lowest BCUT2D eigenvalue weighted by Crippen LogP contribution is -2.30. The molecule has 1 aromatic heterocycles. The van der Waals surface area contributed by atoms with Crippen LogP contribution >= 0.6 is 23.2 Å². The van der Waals surface area contributed by atoms with Crippen molar-refractivity contribution in [2.75, 3.05) is 5.32 Å². The van der Waals surface area contributed by atoms with Gasteiger partial charge < -0.3 is 14.5 Å². The van der Waals surface area contributed by atoms with Crippen LogP contribution in [-0.2, 0) is 4.79 Å². The number of nitrogens with one attached hydrogen (secondary N) is 1. The van der Waals surface area contributed by atoms with Crippen molar-refractivity contribution >= 4 is 45.8 Å². The number of ether oxygens (including phenoxy) is 1. The summed E-state index contributed by atoms with van der Waals surface area (Å²) < 4.78 is 11.5. The Morgan fingerprint density at radius 3 is 2.48 bits per heavy atom. The first-order valence-electron chi connectivity index (χ1n) is 9.01. The molecule has 0 spiro atoms. The number of hydrogen-bond acceptors (Lipinski definition) is 3.